The van der Waals surface area contributed by atoms with E-state index in [1.165, 1.54) is 4.90 Å². The van der Waals surface area contributed by atoms with Gasteiger partial charge in [-0.15, -0.1) is 0 Å². The van der Waals surface area contributed by atoms with Gasteiger partial charge in [0.2, 0.25) is 0 Å². The summed E-state index contributed by atoms with van der Waals surface area (Å²) in [5.41, 5.74) is 3.52. The Labute approximate surface area is 184 Å². The average Bonchev–Trinajstić information content (AvgIpc) is 3.04. The molecule has 2 aromatic carbocycles. The number of likely N-dealkylation sites (tertiary alicyclic amines) is 1. The molecule has 0 spiro atoms. The molecule has 0 aliphatic carbocycles. The van der Waals surface area contributed by atoms with E-state index in [9.17, 15) is 9.59 Å². The van der Waals surface area contributed by atoms with Gasteiger partial charge in [-0.05, 0) is 60.1 Å². The smallest absolute Gasteiger partial charge is 0.282 e. The zero-order valence-corrected chi connectivity index (χ0v) is 18.8. The number of amides is 2. The maximum atomic E-state index is 13.6. The lowest BCUT2D eigenvalue weighted by atomic mass is 9.87. The molecule has 1 fully saturated rings. The minimum atomic E-state index is -0.265. The van der Waals surface area contributed by atoms with Crippen LogP contribution >= 0.6 is 0 Å². The van der Waals surface area contributed by atoms with Crippen molar-refractivity contribution in [1.82, 2.24) is 4.90 Å². The summed E-state index contributed by atoms with van der Waals surface area (Å²) in [5, 5.41) is 0. The molecule has 2 amide bonds. The number of hydrogen-bond acceptors (Lipinski definition) is 4. The molecular weight excluding hydrogens is 388 g/mol. The van der Waals surface area contributed by atoms with Crippen molar-refractivity contribution in [3.05, 3.63) is 65.4 Å². The van der Waals surface area contributed by atoms with E-state index in [0.29, 0.717) is 17.0 Å². The Kier molecular flexibility index (Phi) is 5.61. The lowest BCUT2D eigenvalue weighted by molar-refractivity contribution is -0.120. The molecule has 1 saturated heterocycles. The SMILES string of the molecule is COc1ccc(C2=C(N3CCCCC3)C(=O)N(c3ccc(C(C)(C)C)cc3)C2=O)cc1. The van der Waals surface area contributed by atoms with E-state index in [4.69, 9.17) is 4.74 Å². The van der Waals surface area contributed by atoms with E-state index in [-0.39, 0.29) is 17.2 Å². The minimum absolute atomic E-state index is 0.00300. The van der Waals surface area contributed by atoms with E-state index in [2.05, 4.69) is 25.7 Å². The van der Waals surface area contributed by atoms with Gasteiger partial charge in [0, 0.05) is 13.1 Å². The molecule has 2 aromatic rings. The molecule has 162 valence electrons. The molecule has 0 bridgehead atoms. The topological polar surface area (TPSA) is 49.9 Å². The van der Waals surface area contributed by atoms with Gasteiger partial charge in [-0.25, -0.2) is 4.90 Å². The molecule has 5 nitrogen and oxygen atoms in total. The molecule has 4 rings (SSSR count). The first-order valence-electron chi connectivity index (χ1n) is 10.9. The minimum Gasteiger partial charge on any atom is -0.497 e. The predicted octanol–water partition coefficient (Wildman–Crippen LogP) is 4.76. The lowest BCUT2D eigenvalue weighted by Gasteiger charge is -2.29. The number of anilines is 1. The average molecular weight is 419 g/mol. The van der Waals surface area contributed by atoms with Crippen molar-refractivity contribution < 1.29 is 14.3 Å². The van der Waals surface area contributed by atoms with Gasteiger partial charge in [0.05, 0.1) is 18.4 Å². The third-order valence-corrected chi connectivity index (χ3v) is 6.10. The first kappa shape index (κ1) is 21.2. The van der Waals surface area contributed by atoms with Crippen molar-refractivity contribution in [2.75, 3.05) is 25.1 Å². The molecule has 2 aliphatic heterocycles. The van der Waals surface area contributed by atoms with Crippen LogP contribution in [0, 0.1) is 0 Å². The zero-order valence-electron chi connectivity index (χ0n) is 18.8. The van der Waals surface area contributed by atoms with Gasteiger partial charge < -0.3 is 9.64 Å². The van der Waals surface area contributed by atoms with Crippen LogP contribution in [0.3, 0.4) is 0 Å². The fourth-order valence-electron chi connectivity index (χ4n) is 4.29. The molecule has 0 radical (unpaired) electrons. The summed E-state index contributed by atoms with van der Waals surface area (Å²) >= 11 is 0. The molecule has 0 aromatic heterocycles. The van der Waals surface area contributed by atoms with Crippen LogP contribution in [0.25, 0.3) is 5.57 Å². The van der Waals surface area contributed by atoms with Crippen LogP contribution in [-0.2, 0) is 15.0 Å². The maximum absolute atomic E-state index is 13.6. The summed E-state index contributed by atoms with van der Waals surface area (Å²) in [6.07, 6.45) is 3.21. The molecule has 2 aliphatic rings. The van der Waals surface area contributed by atoms with Crippen LogP contribution in [0.2, 0.25) is 0 Å². The standard InChI is InChI=1S/C26H30N2O3/c1-26(2,3)19-10-12-20(13-11-19)28-24(29)22(18-8-14-21(31-4)15-9-18)23(25(28)30)27-16-6-5-7-17-27/h8-15H,5-7,16-17H2,1-4H3. The van der Waals surface area contributed by atoms with E-state index in [0.717, 1.165) is 49.2 Å². The highest BCUT2D eigenvalue weighted by atomic mass is 16.5. The van der Waals surface area contributed by atoms with Gasteiger partial charge >= 0.3 is 0 Å². The highest BCUT2D eigenvalue weighted by molar-refractivity contribution is 6.45. The molecule has 0 unspecified atom stereocenters. The number of imide groups is 1. The molecular formula is C26H30N2O3. The normalized spacial score (nSPS) is 17.5. The van der Waals surface area contributed by atoms with Crippen LogP contribution < -0.4 is 9.64 Å². The Morgan fingerprint density at radius 2 is 1.42 bits per heavy atom. The highest BCUT2D eigenvalue weighted by Crippen LogP contribution is 2.37. The maximum Gasteiger partial charge on any atom is 0.282 e. The van der Waals surface area contributed by atoms with Crippen molar-refractivity contribution in [3.8, 4) is 5.75 Å². The molecule has 0 saturated carbocycles. The second-order valence-corrected chi connectivity index (χ2v) is 9.24. The van der Waals surface area contributed by atoms with Gasteiger partial charge in [-0.2, -0.15) is 0 Å². The van der Waals surface area contributed by atoms with Crippen molar-refractivity contribution in [1.29, 1.82) is 0 Å². The highest BCUT2D eigenvalue weighted by Gasteiger charge is 2.42. The largest absolute Gasteiger partial charge is 0.497 e. The predicted molar refractivity (Wildman–Crippen MR) is 123 cm³/mol. The number of benzene rings is 2. The summed E-state index contributed by atoms with van der Waals surface area (Å²) in [6, 6.07) is 15.1. The first-order chi connectivity index (χ1) is 14.8. The van der Waals surface area contributed by atoms with Crippen molar-refractivity contribution >= 4 is 23.1 Å². The van der Waals surface area contributed by atoms with Crippen molar-refractivity contribution in [2.45, 2.75) is 45.4 Å². The lowest BCUT2D eigenvalue weighted by Crippen LogP contribution is -2.37. The number of carbonyl (C=O) groups excluding carboxylic acids is 2. The van der Waals surface area contributed by atoms with Crippen LogP contribution in [0.4, 0.5) is 5.69 Å². The first-order valence-corrected chi connectivity index (χ1v) is 10.9. The number of carbonyl (C=O) groups is 2. The molecule has 0 N–H and O–H groups in total. The Morgan fingerprint density at radius 1 is 0.806 bits per heavy atom. The summed E-state index contributed by atoms with van der Waals surface area (Å²) in [7, 11) is 1.61. The third-order valence-electron chi connectivity index (χ3n) is 6.10. The summed E-state index contributed by atoms with van der Waals surface area (Å²) in [5.74, 6) is 0.218. The quantitative estimate of drug-likeness (QED) is 0.672. The van der Waals surface area contributed by atoms with Gasteiger partial charge in [-0.1, -0.05) is 45.0 Å². The number of piperidine rings is 1. The van der Waals surface area contributed by atoms with Crippen LogP contribution in [0.1, 0.15) is 51.2 Å². The Hall–Kier alpha value is -3.08. The van der Waals surface area contributed by atoms with Gasteiger partial charge in [-0.3, -0.25) is 9.59 Å². The van der Waals surface area contributed by atoms with Gasteiger partial charge in [0.25, 0.3) is 11.8 Å². The van der Waals surface area contributed by atoms with E-state index < -0.39 is 0 Å². The van der Waals surface area contributed by atoms with Crippen LogP contribution in [-0.4, -0.2) is 36.9 Å². The van der Waals surface area contributed by atoms with Crippen LogP contribution in [0.5, 0.6) is 5.75 Å². The van der Waals surface area contributed by atoms with E-state index >= 15 is 0 Å². The Bertz CT molecular complexity index is 1010. The van der Waals surface area contributed by atoms with E-state index in [1.54, 1.807) is 7.11 Å². The number of methoxy groups -OCH3 is 1. The van der Waals surface area contributed by atoms with Crippen molar-refractivity contribution in [2.24, 2.45) is 0 Å². The van der Waals surface area contributed by atoms with E-state index in [1.807, 2.05) is 48.5 Å². The summed E-state index contributed by atoms with van der Waals surface area (Å²) < 4.78 is 5.26. The number of hydrogen-bond donors (Lipinski definition) is 0. The fraction of sp³-hybridized carbons (Fsp3) is 0.385. The zero-order chi connectivity index (χ0) is 22.2. The fourth-order valence-corrected chi connectivity index (χ4v) is 4.29. The molecule has 0 atom stereocenters. The van der Waals surface area contributed by atoms with Gasteiger partial charge in [0.1, 0.15) is 11.4 Å². The summed E-state index contributed by atoms with van der Waals surface area (Å²) in [4.78, 5) is 30.6. The summed E-state index contributed by atoms with van der Waals surface area (Å²) in [6.45, 7) is 8.03. The molecule has 31 heavy (non-hydrogen) atoms. The Balaban J connectivity index is 1.76. The molecule has 2 heterocycles. The number of nitrogens with zero attached hydrogens (tertiary/aromatic N) is 2. The van der Waals surface area contributed by atoms with Crippen molar-refractivity contribution in [3.63, 3.8) is 0 Å². The second-order valence-electron chi connectivity index (χ2n) is 9.24. The Morgan fingerprint density at radius 3 is 1.97 bits per heavy atom. The van der Waals surface area contributed by atoms with Crippen LogP contribution in [0.15, 0.2) is 54.2 Å². The molecule has 5 heteroatoms. The third kappa shape index (κ3) is 3.97. The second kappa shape index (κ2) is 8.22. The van der Waals surface area contributed by atoms with Gasteiger partial charge in [0.15, 0.2) is 0 Å². The number of rotatable bonds is 4. The monoisotopic (exact) mass is 418 g/mol. The number of ether oxygens (including phenoxy) is 1.